The maximum atomic E-state index is 13.1. The highest BCUT2D eigenvalue weighted by molar-refractivity contribution is 6.05. The second-order valence-electron chi connectivity index (χ2n) is 6.82. The van der Waals surface area contributed by atoms with E-state index in [0.717, 1.165) is 12.1 Å². The molecule has 0 saturated carbocycles. The molecule has 1 atom stereocenters. The molecule has 0 aliphatic carbocycles. The molecule has 0 spiro atoms. The first kappa shape index (κ1) is 20.3. The summed E-state index contributed by atoms with van der Waals surface area (Å²) in [6.07, 6.45) is -4.60. The molecule has 0 radical (unpaired) electrons. The molecule has 1 heterocycles. The van der Waals surface area contributed by atoms with Crippen LogP contribution in [0.5, 0.6) is 0 Å². The Morgan fingerprint density at radius 1 is 1.17 bits per heavy atom. The zero-order valence-electron chi connectivity index (χ0n) is 15.7. The minimum absolute atomic E-state index is 0.0611. The van der Waals surface area contributed by atoms with Crippen molar-refractivity contribution in [1.82, 2.24) is 0 Å². The number of amides is 1. The van der Waals surface area contributed by atoms with Crippen LogP contribution in [0.15, 0.2) is 59.8 Å². The van der Waals surface area contributed by atoms with E-state index in [1.165, 1.54) is 24.0 Å². The number of hydrogen-bond acceptors (Lipinski definition) is 3. The van der Waals surface area contributed by atoms with E-state index in [1.807, 2.05) is 6.07 Å². The number of nitrogens with zero attached hydrogens (tertiary/aromatic N) is 2. The van der Waals surface area contributed by atoms with Crippen molar-refractivity contribution in [3.8, 4) is 6.07 Å². The van der Waals surface area contributed by atoms with Crippen LogP contribution in [0.25, 0.3) is 0 Å². The van der Waals surface area contributed by atoms with Gasteiger partial charge in [-0.1, -0.05) is 18.2 Å². The maximum Gasteiger partial charge on any atom is 0.416 e. The van der Waals surface area contributed by atoms with Crippen LogP contribution in [0.4, 0.5) is 18.9 Å². The van der Waals surface area contributed by atoms with Gasteiger partial charge in [-0.15, -0.1) is 0 Å². The molecule has 2 aromatic carbocycles. The van der Waals surface area contributed by atoms with Crippen LogP contribution in [0.2, 0.25) is 0 Å². The summed E-state index contributed by atoms with van der Waals surface area (Å²) >= 11 is 0. The molecule has 148 valence electrons. The quantitative estimate of drug-likeness (QED) is 0.734. The zero-order valence-corrected chi connectivity index (χ0v) is 15.7. The van der Waals surface area contributed by atoms with E-state index in [9.17, 15) is 22.8 Å². The molecule has 1 aliphatic heterocycles. The lowest BCUT2D eigenvalue weighted by Gasteiger charge is -2.35. The first-order valence-corrected chi connectivity index (χ1v) is 8.85. The second-order valence-corrected chi connectivity index (χ2v) is 6.82. The first-order chi connectivity index (χ1) is 13.6. The Hall–Kier alpha value is -3.40. The number of anilines is 1. The Balaban J connectivity index is 2.10. The summed E-state index contributed by atoms with van der Waals surface area (Å²) in [5.74, 6) is -1.18. The van der Waals surface area contributed by atoms with Gasteiger partial charge in [0.1, 0.15) is 0 Å². The van der Waals surface area contributed by atoms with E-state index < -0.39 is 23.6 Å². The van der Waals surface area contributed by atoms with Crippen LogP contribution < -0.4 is 4.90 Å². The SMILES string of the molecule is CC(=O)C1=C(C)N(c2cccc(C(F)(F)F)c2)C(=O)CC1c1ccc(C#N)cc1. The molecule has 1 aliphatic rings. The average molecular weight is 398 g/mol. The van der Waals surface area contributed by atoms with Crippen molar-refractivity contribution in [3.05, 3.63) is 76.5 Å². The van der Waals surface area contributed by atoms with Crippen LogP contribution in [0, 0.1) is 11.3 Å². The van der Waals surface area contributed by atoms with Crippen LogP contribution in [-0.4, -0.2) is 11.7 Å². The molecular formula is C22H17F3N2O2. The van der Waals surface area contributed by atoms with Gasteiger partial charge in [-0.05, 0) is 49.7 Å². The summed E-state index contributed by atoms with van der Waals surface area (Å²) in [4.78, 5) is 26.5. The molecule has 29 heavy (non-hydrogen) atoms. The molecular weight excluding hydrogens is 381 g/mol. The van der Waals surface area contributed by atoms with Crippen molar-refractivity contribution in [1.29, 1.82) is 5.26 Å². The number of rotatable bonds is 3. The van der Waals surface area contributed by atoms with E-state index in [-0.39, 0.29) is 17.9 Å². The van der Waals surface area contributed by atoms with Gasteiger partial charge in [0, 0.05) is 29.3 Å². The first-order valence-electron chi connectivity index (χ1n) is 8.85. The lowest BCUT2D eigenvalue weighted by atomic mass is 9.81. The third-order valence-corrected chi connectivity index (χ3v) is 4.95. The number of carbonyl (C=O) groups excluding carboxylic acids is 2. The molecule has 0 aromatic heterocycles. The third kappa shape index (κ3) is 3.92. The van der Waals surface area contributed by atoms with E-state index in [1.54, 1.807) is 31.2 Å². The minimum Gasteiger partial charge on any atom is -0.295 e. The Kier molecular flexibility index (Phi) is 5.29. The molecule has 0 saturated heterocycles. The number of benzene rings is 2. The Labute approximate surface area is 165 Å². The van der Waals surface area contributed by atoms with Gasteiger partial charge in [-0.2, -0.15) is 18.4 Å². The van der Waals surface area contributed by atoms with Crippen LogP contribution in [-0.2, 0) is 15.8 Å². The van der Waals surface area contributed by atoms with E-state index in [2.05, 4.69) is 0 Å². The fraction of sp³-hybridized carbons (Fsp3) is 0.227. The summed E-state index contributed by atoms with van der Waals surface area (Å²) in [7, 11) is 0. The van der Waals surface area contributed by atoms with Gasteiger partial charge in [0.25, 0.3) is 0 Å². The van der Waals surface area contributed by atoms with E-state index in [4.69, 9.17) is 5.26 Å². The van der Waals surface area contributed by atoms with Gasteiger partial charge in [0.2, 0.25) is 5.91 Å². The number of halogens is 3. The van der Waals surface area contributed by atoms with Gasteiger partial charge >= 0.3 is 6.18 Å². The summed E-state index contributed by atoms with van der Waals surface area (Å²) in [6.45, 7) is 2.93. The van der Waals surface area contributed by atoms with Crippen molar-refractivity contribution in [2.75, 3.05) is 4.90 Å². The van der Waals surface area contributed by atoms with Gasteiger partial charge in [-0.25, -0.2) is 0 Å². The third-order valence-electron chi connectivity index (χ3n) is 4.95. The molecule has 1 amide bonds. The maximum absolute atomic E-state index is 13.1. The van der Waals surface area contributed by atoms with Crippen molar-refractivity contribution in [2.45, 2.75) is 32.4 Å². The molecule has 0 fully saturated rings. The molecule has 4 nitrogen and oxygen atoms in total. The smallest absolute Gasteiger partial charge is 0.295 e. The van der Waals surface area contributed by atoms with Crippen molar-refractivity contribution >= 4 is 17.4 Å². The highest BCUT2D eigenvalue weighted by Crippen LogP contribution is 2.40. The Morgan fingerprint density at radius 3 is 2.38 bits per heavy atom. The lowest BCUT2D eigenvalue weighted by Crippen LogP contribution is -2.38. The van der Waals surface area contributed by atoms with E-state index >= 15 is 0 Å². The standard InChI is InChI=1S/C22H17F3N2O2/c1-13-21(14(2)28)19(16-8-6-15(12-26)7-9-16)11-20(29)27(13)18-5-3-4-17(10-18)22(23,24)25/h3-10,19H,11H2,1-2H3. The number of hydrogen-bond donors (Lipinski definition) is 0. The average Bonchev–Trinajstić information content (AvgIpc) is 2.67. The van der Waals surface area contributed by atoms with Gasteiger partial charge in [-0.3, -0.25) is 14.5 Å². The molecule has 7 heteroatoms. The summed E-state index contributed by atoms with van der Waals surface area (Å²) in [5, 5.41) is 8.95. The van der Waals surface area contributed by atoms with Crippen LogP contribution in [0.3, 0.4) is 0 Å². The summed E-state index contributed by atoms with van der Waals surface area (Å²) in [6, 6.07) is 13.1. The lowest BCUT2D eigenvalue weighted by molar-refractivity contribution is -0.137. The number of allylic oxidation sites excluding steroid dienone is 2. The highest BCUT2D eigenvalue weighted by atomic mass is 19.4. The summed E-state index contributed by atoms with van der Waals surface area (Å²) in [5.41, 5.74) is 1.03. The fourth-order valence-corrected chi connectivity index (χ4v) is 3.66. The van der Waals surface area contributed by atoms with E-state index in [0.29, 0.717) is 22.4 Å². The number of alkyl halides is 3. The monoisotopic (exact) mass is 398 g/mol. The topological polar surface area (TPSA) is 61.2 Å². The fourth-order valence-electron chi connectivity index (χ4n) is 3.66. The number of ketones is 1. The van der Waals surface area contributed by atoms with Crippen LogP contribution in [0.1, 0.15) is 42.9 Å². The molecule has 3 rings (SSSR count). The Bertz CT molecular complexity index is 1050. The van der Waals surface area contributed by atoms with Crippen molar-refractivity contribution < 1.29 is 22.8 Å². The predicted octanol–water partition coefficient (Wildman–Crippen LogP) is 4.96. The number of carbonyl (C=O) groups is 2. The Morgan fingerprint density at radius 2 is 1.83 bits per heavy atom. The molecule has 1 unspecified atom stereocenters. The highest BCUT2D eigenvalue weighted by Gasteiger charge is 2.37. The largest absolute Gasteiger partial charge is 0.416 e. The number of nitriles is 1. The molecule has 0 bridgehead atoms. The second kappa shape index (κ2) is 7.55. The van der Waals surface area contributed by atoms with Gasteiger partial charge in [0.15, 0.2) is 5.78 Å². The molecule has 2 aromatic rings. The van der Waals surface area contributed by atoms with Gasteiger partial charge in [0.05, 0.1) is 17.2 Å². The summed E-state index contributed by atoms with van der Waals surface area (Å²) < 4.78 is 39.3. The minimum atomic E-state index is -4.54. The van der Waals surface area contributed by atoms with Gasteiger partial charge < -0.3 is 0 Å². The van der Waals surface area contributed by atoms with Crippen molar-refractivity contribution in [2.24, 2.45) is 0 Å². The number of Topliss-reactive ketones (excluding diaryl/α,β-unsaturated/α-hetero) is 1. The normalized spacial score (nSPS) is 17.3. The predicted molar refractivity (Wildman–Crippen MR) is 101 cm³/mol. The van der Waals surface area contributed by atoms with Crippen LogP contribution >= 0.6 is 0 Å². The zero-order chi connectivity index (χ0) is 21.3. The van der Waals surface area contributed by atoms with Crippen molar-refractivity contribution in [3.63, 3.8) is 0 Å². The molecule has 0 N–H and O–H groups in total.